The highest BCUT2D eigenvalue weighted by atomic mass is 32.1. The van der Waals surface area contributed by atoms with E-state index in [1.807, 2.05) is 13.8 Å². The molecule has 0 N–H and O–H groups in total. The molecule has 0 saturated heterocycles. The monoisotopic (exact) mass is 323 g/mol. The summed E-state index contributed by atoms with van der Waals surface area (Å²) in [6.07, 6.45) is 5.68. The van der Waals surface area contributed by atoms with Crippen molar-refractivity contribution < 1.29 is 9.53 Å². The van der Waals surface area contributed by atoms with Gasteiger partial charge in [0, 0.05) is 13.1 Å². The van der Waals surface area contributed by atoms with Gasteiger partial charge in [0.2, 0.25) is 0 Å². The number of aryl methyl sites for hydroxylation is 1. The molecular formula is C16H25N3O2S. The summed E-state index contributed by atoms with van der Waals surface area (Å²) in [6, 6.07) is 0. The average molecular weight is 323 g/mol. The van der Waals surface area contributed by atoms with E-state index in [1.165, 1.54) is 17.3 Å². The number of carbonyl (C=O) groups is 1. The second kappa shape index (κ2) is 8.39. The van der Waals surface area contributed by atoms with Gasteiger partial charge in [-0.2, -0.15) is 8.75 Å². The van der Waals surface area contributed by atoms with E-state index < -0.39 is 0 Å². The van der Waals surface area contributed by atoms with Gasteiger partial charge in [-0.15, -0.1) is 0 Å². The van der Waals surface area contributed by atoms with Crippen LogP contribution in [0.5, 0.6) is 0 Å². The quantitative estimate of drug-likeness (QED) is 0.722. The Morgan fingerprint density at radius 1 is 1.45 bits per heavy atom. The van der Waals surface area contributed by atoms with Gasteiger partial charge < -0.3 is 9.64 Å². The van der Waals surface area contributed by atoms with Gasteiger partial charge in [-0.25, -0.2) is 0 Å². The maximum atomic E-state index is 11.9. The van der Waals surface area contributed by atoms with Crippen LogP contribution < -0.4 is 0 Å². The van der Waals surface area contributed by atoms with Crippen molar-refractivity contribution in [2.45, 2.75) is 39.5 Å². The average Bonchev–Trinajstić information content (AvgIpc) is 2.96. The molecule has 0 fully saturated rings. The van der Waals surface area contributed by atoms with Crippen LogP contribution in [0.3, 0.4) is 0 Å². The molecule has 22 heavy (non-hydrogen) atoms. The van der Waals surface area contributed by atoms with Crippen LogP contribution in [0, 0.1) is 5.92 Å². The summed E-state index contributed by atoms with van der Waals surface area (Å²) in [5, 5.41) is 0. The van der Waals surface area contributed by atoms with Gasteiger partial charge >= 0.3 is 5.97 Å². The van der Waals surface area contributed by atoms with Gasteiger partial charge in [0.05, 0.1) is 29.9 Å². The van der Waals surface area contributed by atoms with E-state index in [0.717, 1.165) is 50.2 Å². The first-order chi connectivity index (χ1) is 10.7. The summed E-state index contributed by atoms with van der Waals surface area (Å²) in [5.41, 5.74) is 3.31. The minimum Gasteiger partial charge on any atom is -0.466 e. The Labute approximate surface area is 136 Å². The molecule has 5 nitrogen and oxygen atoms in total. The van der Waals surface area contributed by atoms with Crippen LogP contribution in [0.2, 0.25) is 0 Å². The number of nitrogens with zero attached hydrogens (tertiary/aromatic N) is 3. The lowest BCUT2D eigenvalue weighted by Gasteiger charge is -2.22. The highest BCUT2D eigenvalue weighted by Crippen LogP contribution is 2.24. The number of rotatable bonds is 7. The second-order valence-corrected chi connectivity index (χ2v) is 6.24. The van der Waals surface area contributed by atoms with E-state index in [-0.39, 0.29) is 11.9 Å². The summed E-state index contributed by atoms with van der Waals surface area (Å²) in [6.45, 7) is 6.34. The van der Waals surface area contributed by atoms with Crippen LogP contribution >= 0.6 is 11.7 Å². The molecule has 0 radical (unpaired) electrons. The molecule has 0 aliphatic carbocycles. The van der Waals surface area contributed by atoms with Crippen LogP contribution in [0.4, 0.5) is 0 Å². The fourth-order valence-corrected chi connectivity index (χ4v) is 3.36. The molecule has 6 heteroatoms. The van der Waals surface area contributed by atoms with E-state index in [2.05, 4.69) is 26.8 Å². The largest absolute Gasteiger partial charge is 0.466 e. The Morgan fingerprint density at radius 3 is 2.95 bits per heavy atom. The molecular weight excluding hydrogens is 298 g/mol. The Hall–Kier alpha value is -1.27. The Kier molecular flexibility index (Phi) is 6.51. The maximum absolute atomic E-state index is 11.9. The summed E-state index contributed by atoms with van der Waals surface area (Å²) >= 11 is 1.26. The molecule has 1 aromatic rings. The van der Waals surface area contributed by atoms with E-state index >= 15 is 0 Å². The number of hydrogen-bond acceptors (Lipinski definition) is 6. The zero-order valence-electron chi connectivity index (χ0n) is 13.7. The highest BCUT2D eigenvalue weighted by Gasteiger charge is 2.21. The molecule has 0 bridgehead atoms. The Balaban J connectivity index is 2.00. The first-order valence-electron chi connectivity index (χ1n) is 8.01. The normalized spacial score (nSPS) is 17.1. The zero-order valence-corrected chi connectivity index (χ0v) is 14.5. The van der Waals surface area contributed by atoms with Crippen LogP contribution in [0.1, 0.15) is 44.5 Å². The van der Waals surface area contributed by atoms with Crippen LogP contribution in [-0.4, -0.2) is 46.4 Å². The van der Waals surface area contributed by atoms with E-state index in [4.69, 9.17) is 4.74 Å². The standard InChI is InChI=1S/C16H25N3O2S/c1-4-12(16(20)21-5-2)8-9-14-15(18-22-17-14)13-7-6-10-19(3)11-13/h7,12H,4-6,8-11H2,1-3H3. The fraction of sp³-hybridized carbons (Fsp3) is 0.688. The SMILES string of the molecule is CCOC(=O)C(CC)CCc1nsnc1C1=CCCN(C)C1. The third-order valence-electron chi connectivity index (χ3n) is 4.04. The third kappa shape index (κ3) is 4.36. The van der Waals surface area contributed by atoms with Crippen molar-refractivity contribution in [1.29, 1.82) is 0 Å². The molecule has 0 saturated carbocycles. The lowest BCUT2D eigenvalue weighted by molar-refractivity contribution is -0.148. The predicted molar refractivity (Wildman–Crippen MR) is 88.7 cm³/mol. The van der Waals surface area contributed by atoms with E-state index in [1.54, 1.807) is 0 Å². The fourth-order valence-electron chi connectivity index (χ4n) is 2.74. The van der Waals surface area contributed by atoms with Crippen molar-refractivity contribution in [2.24, 2.45) is 5.92 Å². The molecule has 0 aromatic carbocycles. The van der Waals surface area contributed by atoms with E-state index in [0.29, 0.717) is 6.61 Å². The number of carbonyl (C=O) groups excluding carboxylic acids is 1. The van der Waals surface area contributed by atoms with Crippen molar-refractivity contribution in [1.82, 2.24) is 13.6 Å². The van der Waals surface area contributed by atoms with Crippen molar-refractivity contribution >= 4 is 23.3 Å². The maximum Gasteiger partial charge on any atom is 0.308 e. The van der Waals surface area contributed by atoms with Crippen LogP contribution in [-0.2, 0) is 16.0 Å². The molecule has 1 aromatic heterocycles. The smallest absolute Gasteiger partial charge is 0.308 e. The Morgan fingerprint density at radius 2 is 2.27 bits per heavy atom. The molecule has 0 spiro atoms. The number of esters is 1. The molecule has 1 atom stereocenters. The van der Waals surface area contributed by atoms with Crippen LogP contribution in [0.25, 0.3) is 5.57 Å². The number of hydrogen-bond donors (Lipinski definition) is 0. The minimum absolute atomic E-state index is 0.0440. The van der Waals surface area contributed by atoms with Gasteiger partial charge in [0.25, 0.3) is 0 Å². The van der Waals surface area contributed by atoms with Crippen molar-refractivity contribution in [3.05, 3.63) is 17.5 Å². The molecule has 1 unspecified atom stereocenters. The summed E-state index contributed by atoms with van der Waals surface area (Å²) < 4.78 is 14.1. The molecule has 1 aliphatic rings. The van der Waals surface area contributed by atoms with Gasteiger partial charge in [-0.3, -0.25) is 4.79 Å². The number of ether oxygens (including phenoxy) is 1. The van der Waals surface area contributed by atoms with Crippen molar-refractivity contribution in [3.63, 3.8) is 0 Å². The van der Waals surface area contributed by atoms with Gasteiger partial charge in [0.1, 0.15) is 5.69 Å². The minimum atomic E-state index is -0.0913. The molecule has 122 valence electrons. The summed E-state index contributed by atoms with van der Waals surface area (Å²) in [7, 11) is 2.13. The first-order valence-corrected chi connectivity index (χ1v) is 8.74. The van der Waals surface area contributed by atoms with Crippen molar-refractivity contribution in [3.8, 4) is 0 Å². The lowest BCUT2D eigenvalue weighted by atomic mass is 9.97. The molecule has 2 rings (SSSR count). The second-order valence-electron chi connectivity index (χ2n) is 5.71. The van der Waals surface area contributed by atoms with Crippen molar-refractivity contribution in [2.75, 3.05) is 26.7 Å². The first kappa shape index (κ1) is 17.1. The summed E-state index contributed by atoms with van der Waals surface area (Å²) in [4.78, 5) is 14.2. The molecule has 2 heterocycles. The van der Waals surface area contributed by atoms with E-state index in [9.17, 15) is 4.79 Å². The topological polar surface area (TPSA) is 55.3 Å². The number of aromatic nitrogens is 2. The predicted octanol–water partition coefficient (Wildman–Crippen LogP) is 2.78. The zero-order chi connectivity index (χ0) is 15.9. The molecule has 1 aliphatic heterocycles. The van der Waals surface area contributed by atoms with Gasteiger partial charge in [0.15, 0.2) is 0 Å². The van der Waals surface area contributed by atoms with Gasteiger partial charge in [-0.1, -0.05) is 13.0 Å². The third-order valence-corrected chi connectivity index (χ3v) is 4.61. The lowest BCUT2D eigenvalue weighted by Crippen LogP contribution is -2.25. The Bertz CT molecular complexity index is 527. The summed E-state index contributed by atoms with van der Waals surface area (Å²) in [5.74, 6) is -0.135. The molecule has 0 amide bonds. The number of likely N-dealkylation sites (N-methyl/N-ethyl adjacent to an activating group) is 1. The van der Waals surface area contributed by atoms with Gasteiger partial charge in [-0.05, 0) is 45.2 Å². The highest BCUT2D eigenvalue weighted by molar-refractivity contribution is 6.99. The van der Waals surface area contributed by atoms with Crippen LogP contribution in [0.15, 0.2) is 6.08 Å².